The molecule has 0 aliphatic heterocycles. The Labute approximate surface area is 130 Å². The molecule has 0 spiro atoms. The predicted octanol–water partition coefficient (Wildman–Crippen LogP) is 2.46. The van der Waals surface area contributed by atoms with Gasteiger partial charge in [0.2, 0.25) is 5.89 Å². The number of benzene rings is 1. The van der Waals surface area contributed by atoms with E-state index in [0.717, 1.165) is 18.4 Å². The average molecular weight is 324 g/mol. The molecule has 0 aliphatic carbocycles. The van der Waals surface area contributed by atoms with Crippen molar-refractivity contribution >= 4 is 11.9 Å². The first-order chi connectivity index (χ1) is 10.8. The van der Waals surface area contributed by atoms with Crippen molar-refractivity contribution in [3.8, 4) is 11.5 Å². The highest BCUT2D eigenvalue weighted by Crippen LogP contribution is 2.25. The molecular formula is C15H14F2N2O4. The van der Waals surface area contributed by atoms with Crippen LogP contribution in [0, 0.1) is 17.6 Å². The van der Waals surface area contributed by atoms with Gasteiger partial charge in [-0.1, -0.05) is 19.9 Å². The first-order valence-corrected chi connectivity index (χ1v) is 6.74. The highest BCUT2D eigenvalue weighted by atomic mass is 19.1. The van der Waals surface area contributed by atoms with E-state index in [9.17, 15) is 18.4 Å². The van der Waals surface area contributed by atoms with Crippen LogP contribution >= 0.6 is 0 Å². The van der Waals surface area contributed by atoms with Crippen molar-refractivity contribution in [3.05, 3.63) is 41.8 Å². The van der Waals surface area contributed by atoms with Crippen LogP contribution in [-0.2, 0) is 4.79 Å². The lowest BCUT2D eigenvalue weighted by Crippen LogP contribution is -2.44. The third kappa shape index (κ3) is 3.53. The van der Waals surface area contributed by atoms with E-state index in [4.69, 9.17) is 9.52 Å². The van der Waals surface area contributed by atoms with E-state index in [1.54, 1.807) is 13.8 Å². The van der Waals surface area contributed by atoms with E-state index in [-0.39, 0.29) is 11.6 Å². The number of aliphatic carboxylic acids is 1. The zero-order valence-corrected chi connectivity index (χ0v) is 12.3. The van der Waals surface area contributed by atoms with Crippen molar-refractivity contribution in [1.82, 2.24) is 10.3 Å². The van der Waals surface area contributed by atoms with Gasteiger partial charge in [-0.2, -0.15) is 0 Å². The van der Waals surface area contributed by atoms with Crippen LogP contribution in [0.4, 0.5) is 8.78 Å². The van der Waals surface area contributed by atoms with E-state index < -0.39 is 41.0 Å². The molecule has 0 bridgehead atoms. The fourth-order valence-electron chi connectivity index (χ4n) is 1.92. The summed E-state index contributed by atoms with van der Waals surface area (Å²) < 4.78 is 32.2. The molecule has 1 heterocycles. The highest BCUT2D eigenvalue weighted by Gasteiger charge is 2.26. The second-order valence-electron chi connectivity index (χ2n) is 5.17. The molecule has 23 heavy (non-hydrogen) atoms. The Balaban J connectivity index is 2.25. The summed E-state index contributed by atoms with van der Waals surface area (Å²) >= 11 is 0. The van der Waals surface area contributed by atoms with Gasteiger partial charge in [0.1, 0.15) is 29.5 Å². The fourth-order valence-corrected chi connectivity index (χ4v) is 1.92. The molecule has 0 aliphatic rings. The standard InChI is InChI=1S/C15H14F2N2O4/c1-7(2)12(15(21)22)19-13(20)10-6-23-14(18-10)11-8(16)4-3-5-9(11)17/h3-7,12H,1-2H3,(H,19,20)(H,21,22). The molecule has 0 fully saturated rings. The van der Waals surface area contributed by atoms with Crippen LogP contribution < -0.4 is 5.32 Å². The molecule has 2 N–H and O–H groups in total. The summed E-state index contributed by atoms with van der Waals surface area (Å²) in [5.41, 5.74) is -0.764. The van der Waals surface area contributed by atoms with Crippen molar-refractivity contribution in [2.75, 3.05) is 0 Å². The van der Waals surface area contributed by atoms with E-state index in [2.05, 4.69) is 10.3 Å². The third-order valence-corrected chi connectivity index (χ3v) is 3.13. The van der Waals surface area contributed by atoms with Gasteiger partial charge in [0.05, 0.1) is 0 Å². The number of carbonyl (C=O) groups excluding carboxylic acids is 1. The molecule has 122 valence electrons. The minimum Gasteiger partial charge on any atom is -0.480 e. The van der Waals surface area contributed by atoms with Crippen molar-refractivity contribution in [3.63, 3.8) is 0 Å². The van der Waals surface area contributed by atoms with E-state index in [0.29, 0.717) is 0 Å². The SMILES string of the molecule is CC(C)C(NC(=O)c1coc(-c2c(F)cccc2F)n1)C(=O)O. The van der Waals surface area contributed by atoms with Crippen molar-refractivity contribution in [1.29, 1.82) is 0 Å². The smallest absolute Gasteiger partial charge is 0.326 e. The number of nitrogens with zero attached hydrogens (tertiary/aromatic N) is 1. The monoisotopic (exact) mass is 324 g/mol. The Morgan fingerprint density at radius 3 is 2.39 bits per heavy atom. The molecule has 1 aromatic heterocycles. The number of hydrogen-bond acceptors (Lipinski definition) is 4. The van der Waals surface area contributed by atoms with Gasteiger partial charge in [-0.15, -0.1) is 0 Å². The number of rotatable bonds is 5. The number of nitrogens with one attached hydrogen (secondary N) is 1. The summed E-state index contributed by atoms with van der Waals surface area (Å²) in [5.74, 6) is -4.53. The van der Waals surface area contributed by atoms with Crippen LogP contribution in [0.2, 0.25) is 0 Å². The third-order valence-electron chi connectivity index (χ3n) is 3.13. The maximum atomic E-state index is 13.7. The van der Waals surface area contributed by atoms with Gasteiger partial charge in [-0.05, 0) is 18.1 Å². The number of halogens is 2. The molecule has 8 heteroatoms. The number of amides is 1. The fraction of sp³-hybridized carbons (Fsp3) is 0.267. The van der Waals surface area contributed by atoms with Crippen LogP contribution in [0.25, 0.3) is 11.5 Å². The number of aromatic nitrogens is 1. The second kappa shape index (κ2) is 6.55. The quantitative estimate of drug-likeness (QED) is 0.881. The van der Waals surface area contributed by atoms with Crippen molar-refractivity contribution < 1.29 is 27.9 Å². The van der Waals surface area contributed by atoms with Crippen LogP contribution in [0.15, 0.2) is 28.9 Å². The minimum atomic E-state index is -1.20. The summed E-state index contributed by atoms with van der Waals surface area (Å²) in [4.78, 5) is 26.8. The Morgan fingerprint density at radius 1 is 1.26 bits per heavy atom. The summed E-state index contributed by atoms with van der Waals surface area (Å²) in [5, 5.41) is 11.3. The largest absolute Gasteiger partial charge is 0.480 e. The number of oxazole rings is 1. The molecule has 1 aromatic carbocycles. The Bertz CT molecular complexity index is 723. The minimum absolute atomic E-state index is 0.269. The van der Waals surface area contributed by atoms with Gasteiger partial charge in [-0.3, -0.25) is 4.79 Å². The zero-order valence-electron chi connectivity index (χ0n) is 12.3. The highest BCUT2D eigenvalue weighted by molar-refractivity contribution is 5.95. The lowest BCUT2D eigenvalue weighted by atomic mass is 10.0. The number of carboxylic acids is 1. The lowest BCUT2D eigenvalue weighted by Gasteiger charge is -2.16. The predicted molar refractivity (Wildman–Crippen MR) is 75.6 cm³/mol. The molecule has 1 unspecified atom stereocenters. The topological polar surface area (TPSA) is 92.4 Å². The zero-order chi connectivity index (χ0) is 17.1. The average Bonchev–Trinajstić information content (AvgIpc) is 2.93. The first kappa shape index (κ1) is 16.6. The van der Waals surface area contributed by atoms with E-state index in [1.807, 2.05) is 0 Å². The number of hydrogen-bond donors (Lipinski definition) is 2. The molecule has 6 nitrogen and oxygen atoms in total. The van der Waals surface area contributed by atoms with E-state index in [1.165, 1.54) is 6.07 Å². The van der Waals surface area contributed by atoms with Gasteiger partial charge in [-0.25, -0.2) is 18.6 Å². The summed E-state index contributed by atoms with van der Waals surface area (Å²) in [6.45, 7) is 3.25. The van der Waals surface area contributed by atoms with Gasteiger partial charge in [0, 0.05) is 0 Å². The number of carbonyl (C=O) groups is 2. The molecule has 1 atom stereocenters. The number of carboxylic acid groups (broad SMARTS) is 1. The molecule has 2 aromatic rings. The normalized spacial score (nSPS) is 12.2. The lowest BCUT2D eigenvalue weighted by molar-refractivity contribution is -0.140. The van der Waals surface area contributed by atoms with Crippen LogP contribution in [-0.4, -0.2) is 28.0 Å². The van der Waals surface area contributed by atoms with Crippen LogP contribution in [0.5, 0.6) is 0 Å². The van der Waals surface area contributed by atoms with Crippen LogP contribution in [0.3, 0.4) is 0 Å². The molecule has 0 radical (unpaired) electrons. The van der Waals surface area contributed by atoms with Crippen LogP contribution in [0.1, 0.15) is 24.3 Å². The van der Waals surface area contributed by atoms with Gasteiger partial charge in [0.15, 0.2) is 5.69 Å². The second-order valence-corrected chi connectivity index (χ2v) is 5.17. The molecular weight excluding hydrogens is 310 g/mol. The molecule has 0 saturated heterocycles. The molecule has 0 saturated carbocycles. The first-order valence-electron chi connectivity index (χ1n) is 6.74. The van der Waals surface area contributed by atoms with Gasteiger partial charge in [0.25, 0.3) is 5.91 Å². The molecule has 1 amide bonds. The summed E-state index contributed by atoms with van der Waals surface area (Å²) in [7, 11) is 0. The van der Waals surface area contributed by atoms with E-state index >= 15 is 0 Å². The van der Waals surface area contributed by atoms with Gasteiger partial charge >= 0.3 is 5.97 Å². The summed E-state index contributed by atoms with van der Waals surface area (Å²) in [6.07, 6.45) is 0.912. The molecule has 2 rings (SSSR count). The summed E-state index contributed by atoms with van der Waals surface area (Å²) in [6, 6.07) is 2.13. The Hall–Kier alpha value is -2.77. The Kier molecular flexibility index (Phi) is 4.73. The maximum absolute atomic E-state index is 13.7. The Morgan fingerprint density at radius 2 is 1.87 bits per heavy atom. The van der Waals surface area contributed by atoms with Crippen molar-refractivity contribution in [2.24, 2.45) is 5.92 Å². The van der Waals surface area contributed by atoms with Gasteiger partial charge < -0.3 is 14.8 Å². The van der Waals surface area contributed by atoms with Crippen molar-refractivity contribution in [2.45, 2.75) is 19.9 Å². The maximum Gasteiger partial charge on any atom is 0.326 e.